The number of rotatable bonds is 8. The average molecular weight is 445 g/mol. The van der Waals surface area contributed by atoms with Crippen molar-refractivity contribution >= 4 is 17.6 Å². The van der Waals surface area contributed by atoms with Crippen LogP contribution in [-0.2, 0) is 5.75 Å². The van der Waals surface area contributed by atoms with Gasteiger partial charge in [0.1, 0.15) is 40.9 Å². The molecule has 1 aliphatic heterocycles. The summed E-state index contributed by atoms with van der Waals surface area (Å²) in [6, 6.07) is 11.8. The quantitative estimate of drug-likeness (QED) is 0.522. The highest BCUT2D eigenvalue weighted by Gasteiger charge is 2.27. The molecular formula is C23H20N6O2S. The Morgan fingerprint density at radius 1 is 1.09 bits per heavy atom. The van der Waals surface area contributed by atoms with Crippen molar-refractivity contribution in [3.63, 3.8) is 0 Å². The maximum atomic E-state index is 10.0. The Morgan fingerprint density at radius 3 is 2.47 bits per heavy atom. The summed E-state index contributed by atoms with van der Waals surface area (Å²) in [5, 5.41) is 29.5. The van der Waals surface area contributed by atoms with Crippen LogP contribution >= 0.6 is 11.8 Å². The van der Waals surface area contributed by atoms with E-state index in [1.54, 1.807) is 24.5 Å². The molecular weight excluding hydrogens is 424 g/mol. The highest BCUT2D eigenvalue weighted by molar-refractivity contribution is 7.98. The van der Waals surface area contributed by atoms with E-state index in [-0.39, 0.29) is 13.2 Å². The van der Waals surface area contributed by atoms with E-state index >= 15 is 0 Å². The van der Waals surface area contributed by atoms with Gasteiger partial charge in [0.2, 0.25) is 0 Å². The molecule has 1 saturated heterocycles. The van der Waals surface area contributed by atoms with Crippen LogP contribution in [0.1, 0.15) is 23.1 Å². The second kappa shape index (κ2) is 10.1. The minimum Gasteiger partial charge on any atom is -0.490 e. The third-order valence-corrected chi connectivity index (χ3v) is 6.05. The summed E-state index contributed by atoms with van der Waals surface area (Å²) < 4.78 is 5.39. The first kappa shape index (κ1) is 21.6. The van der Waals surface area contributed by atoms with E-state index in [1.165, 1.54) is 18.0 Å². The van der Waals surface area contributed by atoms with Crippen molar-refractivity contribution < 1.29 is 9.84 Å². The second-order valence-electron chi connectivity index (χ2n) is 7.03. The molecule has 0 unspecified atom stereocenters. The molecule has 0 aromatic carbocycles. The SMILES string of the molecule is N#Cc1c(SCc2ccncc2)nc(N2CCC2)c(C#N)c1-c1ccc(OCCO)cn1. The van der Waals surface area contributed by atoms with Gasteiger partial charge in [-0.25, -0.2) is 4.98 Å². The van der Waals surface area contributed by atoms with Gasteiger partial charge in [0.15, 0.2) is 0 Å². The number of hydrogen-bond acceptors (Lipinski definition) is 9. The van der Waals surface area contributed by atoms with Crippen LogP contribution in [-0.4, -0.2) is 46.4 Å². The number of nitriles is 2. The maximum Gasteiger partial charge on any atom is 0.148 e. The van der Waals surface area contributed by atoms with E-state index in [0.29, 0.717) is 44.7 Å². The van der Waals surface area contributed by atoms with Gasteiger partial charge in [-0.15, -0.1) is 11.8 Å². The maximum absolute atomic E-state index is 10.0. The standard InChI is InChI=1S/C23H20N6O2S/c24-12-18-21(20-3-2-17(14-27-20)31-11-10-30)19(13-25)23(28-22(18)29-8-1-9-29)32-15-16-4-6-26-7-5-16/h2-7,14,30H,1,8-11,15H2. The van der Waals surface area contributed by atoms with Crippen LogP contribution in [0.25, 0.3) is 11.3 Å². The van der Waals surface area contributed by atoms with Crippen molar-refractivity contribution in [1.29, 1.82) is 10.5 Å². The smallest absolute Gasteiger partial charge is 0.148 e. The Bertz CT molecular complexity index is 1170. The number of hydrogen-bond donors (Lipinski definition) is 1. The van der Waals surface area contributed by atoms with Gasteiger partial charge in [-0.2, -0.15) is 10.5 Å². The molecule has 0 atom stereocenters. The first-order valence-corrected chi connectivity index (χ1v) is 11.1. The summed E-state index contributed by atoms with van der Waals surface area (Å²) in [4.78, 5) is 15.3. The molecule has 32 heavy (non-hydrogen) atoms. The van der Waals surface area contributed by atoms with Crippen molar-refractivity contribution in [2.45, 2.75) is 17.2 Å². The van der Waals surface area contributed by atoms with Crippen LogP contribution in [0.4, 0.5) is 5.82 Å². The van der Waals surface area contributed by atoms with Gasteiger partial charge in [-0.05, 0) is 36.2 Å². The van der Waals surface area contributed by atoms with Crippen LogP contribution in [0.2, 0.25) is 0 Å². The van der Waals surface area contributed by atoms with E-state index in [0.717, 1.165) is 25.1 Å². The number of thioether (sulfide) groups is 1. The van der Waals surface area contributed by atoms with Crippen molar-refractivity contribution in [1.82, 2.24) is 15.0 Å². The highest BCUT2D eigenvalue weighted by atomic mass is 32.2. The predicted octanol–water partition coefficient (Wildman–Crippen LogP) is 3.16. The van der Waals surface area contributed by atoms with E-state index in [1.807, 2.05) is 12.1 Å². The first-order valence-electron chi connectivity index (χ1n) is 10.1. The molecule has 3 aromatic rings. The second-order valence-corrected chi connectivity index (χ2v) is 7.99. The molecule has 0 amide bonds. The van der Waals surface area contributed by atoms with Crippen molar-refractivity contribution in [3.05, 3.63) is 59.5 Å². The fourth-order valence-corrected chi connectivity index (χ4v) is 4.23. The van der Waals surface area contributed by atoms with Crippen molar-refractivity contribution in [2.24, 2.45) is 0 Å². The lowest BCUT2D eigenvalue weighted by molar-refractivity contribution is 0.201. The van der Waals surface area contributed by atoms with E-state index in [2.05, 4.69) is 27.0 Å². The Balaban J connectivity index is 1.79. The molecule has 0 radical (unpaired) electrons. The Kier molecular flexibility index (Phi) is 6.81. The van der Waals surface area contributed by atoms with Gasteiger partial charge in [0.25, 0.3) is 0 Å². The third-order valence-electron chi connectivity index (χ3n) is 5.00. The van der Waals surface area contributed by atoms with Crippen LogP contribution in [0.15, 0.2) is 47.9 Å². The van der Waals surface area contributed by atoms with Crippen LogP contribution < -0.4 is 9.64 Å². The summed E-state index contributed by atoms with van der Waals surface area (Å²) >= 11 is 1.46. The lowest BCUT2D eigenvalue weighted by Crippen LogP contribution is -2.38. The number of pyridine rings is 3. The van der Waals surface area contributed by atoms with Gasteiger partial charge in [0.05, 0.1) is 24.1 Å². The molecule has 9 heteroatoms. The highest BCUT2D eigenvalue weighted by Crippen LogP contribution is 2.39. The number of aliphatic hydroxyl groups excluding tert-OH is 1. The van der Waals surface area contributed by atoms with Gasteiger partial charge >= 0.3 is 0 Å². The number of nitrogens with zero attached hydrogens (tertiary/aromatic N) is 6. The van der Waals surface area contributed by atoms with Gasteiger partial charge in [-0.3, -0.25) is 9.97 Å². The van der Waals surface area contributed by atoms with Gasteiger partial charge < -0.3 is 14.7 Å². The molecule has 0 spiro atoms. The molecule has 0 aliphatic carbocycles. The number of ether oxygens (including phenoxy) is 1. The number of anilines is 1. The predicted molar refractivity (Wildman–Crippen MR) is 120 cm³/mol. The lowest BCUT2D eigenvalue weighted by Gasteiger charge is -2.33. The summed E-state index contributed by atoms with van der Waals surface area (Å²) in [6.07, 6.45) is 6.03. The molecule has 8 nitrogen and oxygen atoms in total. The van der Waals surface area contributed by atoms with Gasteiger partial charge in [-0.1, -0.05) is 0 Å². The monoisotopic (exact) mass is 444 g/mol. The largest absolute Gasteiger partial charge is 0.490 e. The topological polar surface area (TPSA) is 119 Å². The molecule has 1 fully saturated rings. The zero-order valence-corrected chi connectivity index (χ0v) is 18.0. The molecule has 1 aliphatic rings. The molecule has 3 aromatic heterocycles. The summed E-state index contributed by atoms with van der Waals surface area (Å²) in [7, 11) is 0. The summed E-state index contributed by atoms with van der Waals surface area (Å²) in [6.45, 7) is 1.71. The Labute approximate surface area is 190 Å². The van der Waals surface area contributed by atoms with Crippen LogP contribution in [0, 0.1) is 22.7 Å². The number of aliphatic hydroxyl groups is 1. The average Bonchev–Trinajstić information content (AvgIpc) is 2.80. The normalized spacial score (nSPS) is 12.5. The molecule has 0 bridgehead atoms. The molecule has 4 rings (SSSR count). The molecule has 160 valence electrons. The zero-order chi connectivity index (χ0) is 22.3. The van der Waals surface area contributed by atoms with E-state index < -0.39 is 0 Å². The minimum atomic E-state index is -0.0967. The zero-order valence-electron chi connectivity index (χ0n) is 17.2. The molecule has 0 saturated carbocycles. The fraction of sp³-hybridized carbons (Fsp3) is 0.261. The summed E-state index contributed by atoms with van der Waals surface area (Å²) in [5.74, 6) is 1.72. The van der Waals surface area contributed by atoms with E-state index in [9.17, 15) is 10.5 Å². The van der Waals surface area contributed by atoms with Gasteiger partial charge in [0, 0.05) is 36.8 Å². The Hall–Kier alpha value is -3.66. The fourth-order valence-electron chi connectivity index (χ4n) is 3.29. The first-order chi connectivity index (χ1) is 15.7. The molecule has 1 N–H and O–H groups in total. The lowest BCUT2D eigenvalue weighted by atomic mass is 9.99. The van der Waals surface area contributed by atoms with Crippen LogP contribution in [0.5, 0.6) is 5.75 Å². The Morgan fingerprint density at radius 2 is 1.88 bits per heavy atom. The van der Waals surface area contributed by atoms with Crippen LogP contribution in [0.3, 0.4) is 0 Å². The number of aromatic nitrogens is 3. The van der Waals surface area contributed by atoms with Crippen molar-refractivity contribution in [2.75, 3.05) is 31.2 Å². The summed E-state index contributed by atoms with van der Waals surface area (Å²) in [5.41, 5.74) is 2.74. The van der Waals surface area contributed by atoms with E-state index in [4.69, 9.17) is 14.8 Å². The third kappa shape index (κ3) is 4.50. The minimum absolute atomic E-state index is 0.0967. The van der Waals surface area contributed by atoms with Crippen molar-refractivity contribution in [3.8, 4) is 29.1 Å². The molecule has 4 heterocycles.